The van der Waals surface area contributed by atoms with E-state index in [9.17, 15) is 0 Å². The van der Waals surface area contributed by atoms with Gasteiger partial charge in [-0.2, -0.15) is 0 Å². The van der Waals surface area contributed by atoms with Crippen LogP contribution in [0, 0.1) is 0 Å². The van der Waals surface area contributed by atoms with E-state index in [0.717, 1.165) is 6.42 Å². The smallest absolute Gasteiger partial charge is 0.0309 e. The number of nitrogens with one attached hydrogen (secondary N) is 1. The standard InChI is InChI=1S/C8H11N/c1-2-3-4-5-6-8-7-9-8/h3,7,9H,1,4-6H2. The van der Waals surface area contributed by atoms with Gasteiger partial charge in [0.25, 0.3) is 0 Å². The summed E-state index contributed by atoms with van der Waals surface area (Å²) >= 11 is 0. The van der Waals surface area contributed by atoms with E-state index in [4.69, 9.17) is 0 Å². The third-order valence-corrected chi connectivity index (χ3v) is 1.29. The van der Waals surface area contributed by atoms with E-state index < -0.39 is 0 Å². The van der Waals surface area contributed by atoms with Crippen molar-refractivity contribution in [2.24, 2.45) is 0 Å². The molecule has 0 aliphatic carbocycles. The lowest BCUT2D eigenvalue weighted by atomic mass is 10.2. The zero-order chi connectivity index (χ0) is 6.53. The molecule has 1 N–H and O–H groups in total. The number of hydrogen-bond donors (Lipinski definition) is 1. The molecule has 0 aromatic heterocycles. The summed E-state index contributed by atoms with van der Waals surface area (Å²) in [7, 11) is 0. The van der Waals surface area contributed by atoms with Crippen LogP contribution in [0.5, 0.6) is 0 Å². The van der Waals surface area contributed by atoms with E-state index in [1.807, 2.05) is 12.3 Å². The maximum Gasteiger partial charge on any atom is 0.0309 e. The van der Waals surface area contributed by atoms with Crippen LogP contribution >= 0.6 is 0 Å². The summed E-state index contributed by atoms with van der Waals surface area (Å²) < 4.78 is 0. The molecule has 0 radical (unpaired) electrons. The van der Waals surface area contributed by atoms with Gasteiger partial charge >= 0.3 is 0 Å². The number of unbranched alkanes of at least 4 members (excludes halogenated alkanes) is 1. The van der Waals surface area contributed by atoms with Gasteiger partial charge in [0.2, 0.25) is 0 Å². The highest BCUT2D eigenvalue weighted by Gasteiger charge is 2.02. The normalized spacial score (nSPS) is 13.1. The molecule has 0 unspecified atom stereocenters. The average Bonchev–Trinajstić information content (AvgIpc) is 2.63. The van der Waals surface area contributed by atoms with E-state index in [0.29, 0.717) is 0 Å². The van der Waals surface area contributed by atoms with Crippen molar-refractivity contribution in [3.63, 3.8) is 0 Å². The Bertz CT molecular complexity index is 159. The van der Waals surface area contributed by atoms with E-state index in [1.54, 1.807) is 0 Å². The fourth-order valence-electron chi connectivity index (χ4n) is 0.692. The first-order valence-electron chi connectivity index (χ1n) is 3.23. The molecular weight excluding hydrogens is 110 g/mol. The Morgan fingerprint density at radius 2 is 2.56 bits per heavy atom. The topological polar surface area (TPSA) is 21.9 Å². The predicted molar refractivity (Wildman–Crippen MR) is 38.8 cm³/mol. The lowest BCUT2D eigenvalue weighted by molar-refractivity contribution is 0.838. The van der Waals surface area contributed by atoms with Crippen LogP contribution in [-0.2, 0) is 0 Å². The molecule has 48 valence electrons. The Balaban J connectivity index is 1.92. The number of hydrogen-bond acceptors (Lipinski definition) is 1. The van der Waals surface area contributed by atoms with E-state index in [2.05, 4.69) is 17.6 Å². The van der Waals surface area contributed by atoms with Gasteiger partial charge in [0.05, 0.1) is 0 Å². The van der Waals surface area contributed by atoms with Gasteiger partial charge in [-0.1, -0.05) is 6.58 Å². The molecule has 1 heterocycles. The van der Waals surface area contributed by atoms with Crippen LogP contribution in [0.15, 0.2) is 30.3 Å². The third-order valence-electron chi connectivity index (χ3n) is 1.29. The molecule has 0 spiro atoms. The van der Waals surface area contributed by atoms with Gasteiger partial charge < -0.3 is 5.32 Å². The Morgan fingerprint density at radius 1 is 1.78 bits per heavy atom. The first kappa shape index (κ1) is 6.18. The van der Waals surface area contributed by atoms with Gasteiger partial charge in [-0.15, -0.1) is 5.73 Å². The molecule has 0 bridgehead atoms. The van der Waals surface area contributed by atoms with Crippen LogP contribution in [-0.4, -0.2) is 0 Å². The SMILES string of the molecule is C=C=CCCCC1=CN1. The minimum Gasteiger partial charge on any atom is -0.362 e. The second-order valence-corrected chi connectivity index (χ2v) is 2.11. The van der Waals surface area contributed by atoms with Gasteiger partial charge in [-0.05, 0) is 25.3 Å². The quantitative estimate of drug-likeness (QED) is 0.445. The molecule has 0 saturated carbocycles. The minimum absolute atomic E-state index is 1.10. The van der Waals surface area contributed by atoms with Gasteiger partial charge in [-0.3, -0.25) is 0 Å². The van der Waals surface area contributed by atoms with Gasteiger partial charge in [0.15, 0.2) is 0 Å². The molecule has 0 fully saturated rings. The Labute approximate surface area is 55.8 Å². The molecule has 0 amide bonds. The molecule has 0 aromatic carbocycles. The van der Waals surface area contributed by atoms with Crippen LogP contribution in [0.2, 0.25) is 0 Å². The monoisotopic (exact) mass is 121 g/mol. The van der Waals surface area contributed by atoms with Crippen LogP contribution in [0.3, 0.4) is 0 Å². The van der Waals surface area contributed by atoms with Crippen molar-refractivity contribution in [3.8, 4) is 0 Å². The van der Waals surface area contributed by atoms with Crippen molar-refractivity contribution in [1.29, 1.82) is 0 Å². The molecule has 0 aromatic rings. The van der Waals surface area contributed by atoms with Gasteiger partial charge in [-0.25, -0.2) is 0 Å². The average molecular weight is 121 g/mol. The zero-order valence-corrected chi connectivity index (χ0v) is 5.48. The van der Waals surface area contributed by atoms with Crippen LogP contribution in [0.25, 0.3) is 0 Å². The van der Waals surface area contributed by atoms with Crippen molar-refractivity contribution in [2.45, 2.75) is 19.3 Å². The lowest BCUT2D eigenvalue weighted by Crippen LogP contribution is -1.78. The second kappa shape index (κ2) is 3.16. The van der Waals surface area contributed by atoms with Crippen LogP contribution < -0.4 is 5.32 Å². The third kappa shape index (κ3) is 2.78. The van der Waals surface area contributed by atoms with Crippen molar-refractivity contribution < 1.29 is 0 Å². The first-order chi connectivity index (χ1) is 4.43. The maximum atomic E-state index is 3.48. The van der Waals surface area contributed by atoms with E-state index >= 15 is 0 Å². The fourth-order valence-corrected chi connectivity index (χ4v) is 0.692. The molecular formula is C8H11N. The predicted octanol–water partition coefficient (Wildman–Crippen LogP) is 1.94. The van der Waals surface area contributed by atoms with Crippen molar-refractivity contribution in [2.75, 3.05) is 0 Å². The molecule has 1 rings (SSSR count). The maximum absolute atomic E-state index is 3.48. The molecule has 0 saturated heterocycles. The zero-order valence-electron chi connectivity index (χ0n) is 5.48. The lowest BCUT2D eigenvalue weighted by Gasteiger charge is -1.86. The first-order valence-corrected chi connectivity index (χ1v) is 3.23. The summed E-state index contributed by atoms with van der Waals surface area (Å²) in [6.07, 6.45) is 7.50. The summed E-state index contributed by atoms with van der Waals surface area (Å²) in [5.41, 5.74) is 4.13. The fraction of sp³-hybridized carbons (Fsp3) is 0.375. The Kier molecular flexibility index (Phi) is 2.17. The van der Waals surface area contributed by atoms with Crippen molar-refractivity contribution >= 4 is 0 Å². The number of rotatable bonds is 4. The van der Waals surface area contributed by atoms with E-state index in [-0.39, 0.29) is 0 Å². The summed E-state index contributed by atoms with van der Waals surface area (Å²) in [4.78, 5) is 0. The minimum atomic E-state index is 1.10. The van der Waals surface area contributed by atoms with Gasteiger partial charge in [0, 0.05) is 11.9 Å². The van der Waals surface area contributed by atoms with Crippen LogP contribution in [0.4, 0.5) is 0 Å². The molecule has 1 nitrogen and oxygen atoms in total. The summed E-state index contributed by atoms with van der Waals surface area (Å²) in [5, 5.41) is 3.05. The largest absolute Gasteiger partial charge is 0.362 e. The molecule has 1 aliphatic heterocycles. The summed E-state index contributed by atoms with van der Waals surface area (Å²) in [5.74, 6) is 0. The van der Waals surface area contributed by atoms with E-state index in [1.165, 1.54) is 18.5 Å². The van der Waals surface area contributed by atoms with Crippen LogP contribution in [0.1, 0.15) is 19.3 Å². The molecule has 0 atom stereocenters. The molecule has 1 heteroatoms. The highest BCUT2D eigenvalue weighted by Crippen LogP contribution is 2.11. The van der Waals surface area contributed by atoms with Gasteiger partial charge in [0.1, 0.15) is 0 Å². The Morgan fingerprint density at radius 3 is 3.11 bits per heavy atom. The second-order valence-electron chi connectivity index (χ2n) is 2.11. The summed E-state index contributed by atoms with van der Waals surface area (Å²) in [6.45, 7) is 3.48. The Hall–Kier alpha value is -0.940. The molecule has 9 heavy (non-hydrogen) atoms. The number of allylic oxidation sites excluding steroid dienone is 2. The highest BCUT2D eigenvalue weighted by molar-refractivity contribution is 5.15. The van der Waals surface area contributed by atoms with Crippen molar-refractivity contribution in [3.05, 3.63) is 30.3 Å². The molecule has 1 aliphatic rings. The highest BCUT2D eigenvalue weighted by atomic mass is 15.0. The van der Waals surface area contributed by atoms with Crippen molar-refractivity contribution in [1.82, 2.24) is 5.32 Å². The summed E-state index contributed by atoms with van der Waals surface area (Å²) in [6, 6.07) is 0.